The average Bonchev–Trinajstić information content (AvgIpc) is 3.08. The minimum Gasteiger partial charge on any atom is -0.477 e. The van der Waals surface area contributed by atoms with E-state index >= 15 is 0 Å². The number of methoxy groups -OCH3 is 1. The number of rotatable bonds is 8. The van der Waals surface area contributed by atoms with Crippen LogP contribution in [0.4, 0.5) is 5.82 Å². The molecule has 0 aromatic carbocycles. The smallest absolute Gasteiger partial charge is 0.347 e. The lowest BCUT2D eigenvalue weighted by molar-refractivity contribution is 0.0701. The number of hydrogen-bond acceptors (Lipinski definition) is 7. The van der Waals surface area contributed by atoms with E-state index < -0.39 is 5.97 Å². The largest absolute Gasteiger partial charge is 0.477 e. The molecule has 0 aliphatic carbocycles. The summed E-state index contributed by atoms with van der Waals surface area (Å²) < 4.78 is 5.02. The lowest BCUT2D eigenvalue weighted by Gasteiger charge is -2.17. The van der Waals surface area contributed by atoms with Gasteiger partial charge in [-0.25, -0.2) is 14.8 Å². The Bertz CT molecular complexity index is 740. The molecule has 7 nitrogen and oxygen atoms in total. The summed E-state index contributed by atoms with van der Waals surface area (Å²) in [6.07, 6.45) is 5.82. The lowest BCUT2D eigenvalue weighted by Crippen LogP contribution is -2.22. The highest BCUT2D eigenvalue weighted by Crippen LogP contribution is 2.15. The number of likely N-dealkylation sites (N-methyl/N-ethyl adjacent to an activating group) is 1. The van der Waals surface area contributed by atoms with Gasteiger partial charge in [0.1, 0.15) is 10.7 Å². The maximum absolute atomic E-state index is 12.0. The van der Waals surface area contributed by atoms with Crippen LogP contribution >= 0.6 is 11.3 Å². The molecule has 2 rings (SSSR count). The number of hydrogen-bond donors (Lipinski definition) is 1. The topological polar surface area (TPSA) is 92.6 Å². The fraction of sp³-hybridized carbons (Fsp3) is 0.250. The number of aromatic carboxylic acids is 1. The molecule has 0 aliphatic heterocycles. The Labute approximate surface area is 143 Å². The van der Waals surface area contributed by atoms with Crippen molar-refractivity contribution >= 4 is 35.0 Å². The molecule has 0 saturated heterocycles. The predicted octanol–water partition coefficient (Wildman–Crippen LogP) is 2.21. The third kappa shape index (κ3) is 4.71. The number of ketones is 1. The Kier molecular flexibility index (Phi) is 6.16. The van der Waals surface area contributed by atoms with E-state index in [4.69, 9.17) is 9.84 Å². The highest BCUT2D eigenvalue weighted by Gasteiger charge is 2.12. The van der Waals surface area contributed by atoms with Gasteiger partial charge in [-0.3, -0.25) is 4.79 Å². The summed E-state index contributed by atoms with van der Waals surface area (Å²) >= 11 is 0.853. The molecule has 0 radical (unpaired) electrons. The van der Waals surface area contributed by atoms with Crippen molar-refractivity contribution in [2.45, 2.75) is 0 Å². The van der Waals surface area contributed by atoms with Crippen LogP contribution in [0.1, 0.15) is 25.0 Å². The van der Waals surface area contributed by atoms with Gasteiger partial charge in [-0.2, -0.15) is 0 Å². The number of anilines is 1. The Morgan fingerprint density at radius 3 is 2.71 bits per heavy atom. The quantitative estimate of drug-likeness (QED) is 0.578. The van der Waals surface area contributed by atoms with Crippen LogP contribution in [0.15, 0.2) is 30.6 Å². The number of carboxylic acid groups (broad SMARTS) is 1. The molecule has 1 N–H and O–H groups in total. The molecule has 0 unspecified atom stereocenters. The highest BCUT2D eigenvalue weighted by molar-refractivity contribution is 7.15. The highest BCUT2D eigenvalue weighted by atomic mass is 32.1. The van der Waals surface area contributed by atoms with Crippen LogP contribution in [-0.4, -0.2) is 54.1 Å². The maximum Gasteiger partial charge on any atom is 0.347 e. The van der Waals surface area contributed by atoms with Gasteiger partial charge in [0.15, 0.2) is 5.01 Å². The number of carbonyl (C=O) groups is 2. The van der Waals surface area contributed by atoms with Crippen LogP contribution in [-0.2, 0) is 4.74 Å². The van der Waals surface area contributed by atoms with Gasteiger partial charge in [-0.15, -0.1) is 11.3 Å². The first kappa shape index (κ1) is 17.8. The minimum atomic E-state index is -1.09. The van der Waals surface area contributed by atoms with Gasteiger partial charge in [0.05, 0.1) is 12.8 Å². The number of thiazole rings is 1. The van der Waals surface area contributed by atoms with Crippen LogP contribution in [0.25, 0.3) is 6.08 Å². The molecule has 2 aromatic rings. The van der Waals surface area contributed by atoms with Gasteiger partial charge < -0.3 is 14.7 Å². The Hall–Kier alpha value is -2.58. The summed E-state index contributed by atoms with van der Waals surface area (Å²) in [7, 11) is 3.57. The monoisotopic (exact) mass is 347 g/mol. The molecule has 2 aromatic heterocycles. The fourth-order valence-corrected chi connectivity index (χ4v) is 2.47. The Morgan fingerprint density at radius 1 is 1.33 bits per heavy atom. The molecule has 0 saturated carbocycles. The second kappa shape index (κ2) is 8.32. The zero-order chi connectivity index (χ0) is 17.5. The van der Waals surface area contributed by atoms with Crippen molar-refractivity contribution in [2.24, 2.45) is 0 Å². The van der Waals surface area contributed by atoms with Gasteiger partial charge in [-0.1, -0.05) is 0 Å². The normalized spacial score (nSPS) is 10.9. The van der Waals surface area contributed by atoms with Crippen LogP contribution in [0.5, 0.6) is 0 Å². The van der Waals surface area contributed by atoms with E-state index in [9.17, 15) is 9.59 Å². The number of nitrogens with zero attached hydrogens (tertiary/aromatic N) is 3. The van der Waals surface area contributed by atoms with Crippen molar-refractivity contribution in [1.82, 2.24) is 9.97 Å². The van der Waals surface area contributed by atoms with Gasteiger partial charge in [0.2, 0.25) is 5.78 Å². The zero-order valence-electron chi connectivity index (χ0n) is 13.3. The van der Waals surface area contributed by atoms with E-state index in [1.54, 1.807) is 19.4 Å². The second-order valence-electron chi connectivity index (χ2n) is 4.90. The van der Waals surface area contributed by atoms with E-state index in [2.05, 4.69) is 9.97 Å². The molecular formula is C16H17N3O4S. The molecule has 0 amide bonds. The van der Waals surface area contributed by atoms with E-state index in [1.807, 2.05) is 24.1 Å². The van der Waals surface area contributed by atoms with Crippen molar-refractivity contribution < 1.29 is 19.4 Å². The fourth-order valence-electron chi connectivity index (χ4n) is 1.79. The SMILES string of the molecule is COCCN(C)c1ccc(/C=C/C(=O)c2ncc(C(=O)O)s2)cn1. The number of carboxylic acids is 1. The summed E-state index contributed by atoms with van der Waals surface area (Å²) in [5.41, 5.74) is 0.766. The van der Waals surface area contributed by atoms with Crippen LogP contribution in [0.2, 0.25) is 0 Å². The first-order valence-corrected chi connectivity index (χ1v) is 7.90. The Balaban J connectivity index is 2.00. The van der Waals surface area contributed by atoms with Gasteiger partial charge in [-0.05, 0) is 29.8 Å². The number of ether oxygens (including phenoxy) is 1. The molecule has 0 fully saturated rings. The summed E-state index contributed by atoms with van der Waals surface area (Å²) in [5.74, 6) is -0.622. The third-order valence-corrected chi connectivity index (χ3v) is 4.15. The van der Waals surface area contributed by atoms with Gasteiger partial charge in [0.25, 0.3) is 0 Å². The molecule has 2 heterocycles. The minimum absolute atomic E-state index is 0.0388. The van der Waals surface area contributed by atoms with Gasteiger partial charge >= 0.3 is 5.97 Å². The molecule has 126 valence electrons. The number of carbonyl (C=O) groups excluding carboxylic acids is 1. The van der Waals surface area contributed by atoms with E-state index in [0.717, 1.165) is 29.3 Å². The van der Waals surface area contributed by atoms with Crippen molar-refractivity contribution in [1.29, 1.82) is 0 Å². The van der Waals surface area contributed by atoms with E-state index in [1.165, 1.54) is 12.3 Å². The average molecular weight is 347 g/mol. The van der Waals surface area contributed by atoms with Crippen molar-refractivity contribution in [3.8, 4) is 0 Å². The summed E-state index contributed by atoms with van der Waals surface area (Å²) in [4.78, 5) is 32.9. The summed E-state index contributed by atoms with van der Waals surface area (Å²) in [6, 6.07) is 3.70. The van der Waals surface area contributed by atoms with Crippen LogP contribution in [0.3, 0.4) is 0 Å². The summed E-state index contributed by atoms with van der Waals surface area (Å²) in [6.45, 7) is 1.34. The number of aromatic nitrogens is 2. The number of pyridine rings is 1. The molecule has 0 atom stereocenters. The first-order valence-electron chi connectivity index (χ1n) is 7.09. The van der Waals surface area contributed by atoms with E-state index in [0.29, 0.717) is 6.61 Å². The van der Waals surface area contributed by atoms with Crippen molar-refractivity contribution in [3.63, 3.8) is 0 Å². The molecule has 0 bridgehead atoms. The molecule has 24 heavy (non-hydrogen) atoms. The lowest BCUT2D eigenvalue weighted by atomic mass is 10.2. The Morgan fingerprint density at radius 2 is 2.12 bits per heavy atom. The van der Waals surface area contributed by atoms with Crippen LogP contribution < -0.4 is 4.90 Å². The molecule has 0 spiro atoms. The van der Waals surface area contributed by atoms with Gasteiger partial charge in [0, 0.05) is 26.9 Å². The van der Waals surface area contributed by atoms with Crippen molar-refractivity contribution in [3.05, 3.63) is 46.1 Å². The van der Waals surface area contributed by atoms with Crippen LogP contribution in [0, 0.1) is 0 Å². The van der Waals surface area contributed by atoms with Crippen molar-refractivity contribution in [2.75, 3.05) is 32.2 Å². The molecule has 0 aliphatic rings. The van der Waals surface area contributed by atoms with E-state index in [-0.39, 0.29) is 15.7 Å². The molecule has 8 heteroatoms. The molecular weight excluding hydrogens is 330 g/mol. The zero-order valence-corrected chi connectivity index (χ0v) is 14.1. The summed E-state index contributed by atoms with van der Waals surface area (Å²) in [5, 5.41) is 8.98. The second-order valence-corrected chi connectivity index (χ2v) is 5.93. The third-order valence-electron chi connectivity index (χ3n) is 3.15. The first-order chi connectivity index (χ1) is 11.5. The standard InChI is InChI=1S/C16H17N3O4S/c1-19(7-8-23-2)14-6-4-11(9-17-14)3-5-12(20)15-18-10-13(24-15)16(21)22/h3-6,9-10H,7-8H2,1-2H3,(H,21,22)/b5-3+. The number of allylic oxidation sites excluding steroid dienone is 1. The maximum atomic E-state index is 12.0. The predicted molar refractivity (Wildman–Crippen MR) is 91.8 cm³/mol.